The number of rotatable bonds is 2. The van der Waals surface area contributed by atoms with Crippen molar-refractivity contribution in [3.8, 4) is 5.75 Å². The highest BCUT2D eigenvalue weighted by molar-refractivity contribution is 5.75. The molecule has 0 spiro atoms. The molecule has 1 aliphatic heterocycles. The highest BCUT2D eigenvalue weighted by atomic mass is 16.5. The molecule has 0 radical (unpaired) electrons. The SMILES string of the molecule is CCc1ccc2c(c1)C[C@@H](c1ccccc1)CC(=O)O2. The van der Waals surface area contributed by atoms with E-state index in [4.69, 9.17) is 4.74 Å². The molecule has 2 aromatic carbocycles. The zero-order valence-electron chi connectivity index (χ0n) is 11.6. The van der Waals surface area contributed by atoms with Gasteiger partial charge in [0.1, 0.15) is 5.75 Å². The number of hydrogen-bond acceptors (Lipinski definition) is 2. The van der Waals surface area contributed by atoms with Gasteiger partial charge in [0.15, 0.2) is 0 Å². The fraction of sp³-hybridized carbons (Fsp3) is 0.278. The lowest BCUT2D eigenvalue weighted by Crippen LogP contribution is -2.10. The van der Waals surface area contributed by atoms with E-state index in [1.165, 1.54) is 11.1 Å². The zero-order chi connectivity index (χ0) is 13.9. The minimum absolute atomic E-state index is 0.137. The van der Waals surface area contributed by atoms with Gasteiger partial charge in [-0.2, -0.15) is 0 Å². The monoisotopic (exact) mass is 266 g/mol. The molecule has 0 saturated heterocycles. The predicted molar refractivity (Wildman–Crippen MR) is 79.0 cm³/mol. The third-order valence-corrected chi connectivity index (χ3v) is 3.91. The Morgan fingerprint density at radius 1 is 1.10 bits per heavy atom. The Kier molecular flexibility index (Phi) is 3.55. The Morgan fingerprint density at radius 2 is 1.90 bits per heavy atom. The van der Waals surface area contributed by atoms with Gasteiger partial charge in [0.05, 0.1) is 6.42 Å². The van der Waals surface area contributed by atoms with Crippen LogP contribution in [0, 0.1) is 0 Å². The van der Waals surface area contributed by atoms with Crippen LogP contribution in [0.4, 0.5) is 0 Å². The summed E-state index contributed by atoms with van der Waals surface area (Å²) in [5.41, 5.74) is 3.64. The van der Waals surface area contributed by atoms with Gasteiger partial charge in [-0.3, -0.25) is 4.79 Å². The number of ether oxygens (including phenoxy) is 1. The summed E-state index contributed by atoms with van der Waals surface area (Å²) in [6.07, 6.45) is 2.30. The van der Waals surface area contributed by atoms with E-state index in [0.29, 0.717) is 6.42 Å². The molecule has 2 aromatic rings. The summed E-state index contributed by atoms with van der Waals surface area (Å²) in [6, 6.07) is 16.4. The lowest BCUT2D eigenvalue weighted by atomic mass is 9.89. The van der Waals surface area contributed by atoms with Gasteiger partial charge in [-0.1, -0.05) is 49.4 Å². The van der Waals surface area contributed by atoms with Crippen LogP contribution in [0.15, 0.2) is 48.5 Å². The van der Waals surface area contributed by atoms with Gasteiger partial charge in [-0.25, -0.2) is 0 Å². The third kappa shape index (κ3) is 2.60. The number of aryl methyl sites for hydroxylation is 1. The number of carbonyl (C=O) groups excluding carboxylic acids is 1. The number of esters is 1. The molecule has 2 heteroatoms. The van der Waals surface area contributed by atoms with Crippen molar-refractivity contribution in [1.82, 2.24) is 0 Å². The molecule has 0 unspecified atom stereocenters. The number of benzene rings is 2. The molecule has 2 nitrogen and oxygen atoms in total. The first kappa shape index (κ1) is 12.9. The largest absolute Gasteiger partial charge is 0.426 e. The average molecular weight is 266 g/mol. The van der Waals surface area contributed by atoms with Gasteiger partial charge < -0.3 is 4.74 Å². The molecule has 0 N–H and O–H groups in total. The smallest absolute Gasteiger partial charge is 0.311 e. The lowest BCUT2D eigenvalue weighted by Gasteiger charge is -2.13. The molecule has 1 aliphatic rings. The van der Waals surface area contributed by atoms with E-state index in [-0.39, 0.29) is 11.9 Å². The van der Waals surface area contributed by atoms with Crippen LogP contribution < -0.4 is 4.74 Å². The second-order valence-corrected chi connectivity index (χ2v) is 5.29. The van der Waals surface area contributed by atoms with Crippen LogP contribution in [0.5, 0.6) is 5.75 Å². The molecule has 1 atom stereocenters. The average Bonchev–Trinajstić information content (AvgIpc) is 2.65. The Labute approximate surface area is 119 Å². The maximum absolute atomic E-state index is 12.0. The maximum Gasteiger partial charge on any atom is 0.311 e. The molecule has 102 valence electrons. The van der Waals surface area contributed by atoms with Gasteiger partial charge >= 0.3 is 5.97 Å². The molecule has 20 heavy (non-hydrogen) atoms. The van der Waals surface area contributed by atoms with E-state index in [2.05, 4.69) is 25.1 Å². The van der Waals surface area contributed by atoms with Gasteiger partial charge in [0.2, 0.25) is 0 Å². The third-order valence-electron chi connectivity index (χ3n) is 3.91. The summed E-state index contributed by atoms with van der Waals surface area (Å²) in [5.74, 6) is 0.796. The van der Waals surface area contributed by atoms with Crippen molar-refractivity contribution in [2.45, 2.75) is 32.1 Å². The molecule has 0 saturated carbocycles. The summed E-state index contributed by atoms with van der Waals surface area (Å²) in [4.78, 5) is 12.0. The van der Waals surface area contributed by atoms with Crippen molar-refractivity contribution in [1.29, 1.82) is 0 Å². The van der Waals surface area contributed by atoms with Crippen LogP contribution >= 0.6 is 0 Å². The van der Waals surface area contributed by atoms with Gasteiger partial charge in [0.25, 0.3) is 0 Å². The van der Waals surface area contributed by atoms with E-state index in [0.717, 1.165) is 24.2 Å². The second kappa shape index (κ2) is 5.49. The molecule has 0 aliphatic carbocycles. The molecule has 3 rings (SSSR count). The van der Waals surface area contributed by atoms with E-state index < -0.39 is 0 Å². The number of carbonyl (C=O) groups is 1. The Bertz CT molecular complexity index is 617. The highest BCUT2D eigenvalue weighted by Crippen LogP contribution is 2.33. The molecule has 0 bridgehead atoms. The first-order valence-corrected chi connectivity index (χ1v) is 7.13. The van der Waals surface area contributed by atoms with Crippen molar-refractivity contribution in [2.24, 2.45) is 0 Å². The molecule has 0 aromatic heterocycles. The Balaban J connectivity index is 1.98. The lowest BCUT2D eigenvalue weighted by molar-refractivity contribution is -0.134. The fourth-order valence-corrected chi connectivity index (χ4v) is 2.78. The van der Waals surface area contributed by atoms with E-state index >= 15 is 0 Å². The summed E-state index contributed by atoms with van der Waals surface area (Å²) in [6.45, 7) is 2.14. The van der Waals surface area contributed by atoms with Crippen molar-refractivity contribution in [3.63, 3.8) is 0 Å². The van der Waals surface area contributed by atoms with Crippen LogP contribution in [0.1, 0.15) is 36.0 Å². The van der Waals surface area contributed by atoms with Gasteiger partial charge in [0, 0.05) is 0 Å². The normalized spacial score (nSPS) is 18.1. The zero-order valence-corrected chi connectivity index (χ0v) is 11.6. The van der Waals surface area contributed by atoms with Gasteiger partial charge in [-0.15, -0.1) is 0 Å². The standard InChI is InChI=1S/C18H18O2/c1-2-13-8-9-17-16(10-13)11-15(12-18(19)20-17)14-6-4-3-5-7-14/h3-10,15H,2,11-12H2,1H3/t15-/m1/s1. The van der Waals surface area contributed by atoms with Crippen LogP contribution in [0.25, 0.3) is 0 Å². The minimum atomic E-state index is -0.137. The first-order valence-electron chi connectivity index (χ1n) is 7.13. The summed E-state index contributed by atoms with van der Waals surface area (Å²) >= 11 is 0. The van der Waals surface area contributed by atoms with Crippen molar-refractivity contribution in [2.75, 3.05) is 0 Å². The molecular formula is C18H18O2. The predicted octanol–water partition coefficient (Wildman–Crippen LogP) is 3.88. The number of hydrogen-bond donors (Lipinski definition) is 0. The Morgan fingerprint density at radius 3 is 2.65 bits per heavy atom. The van der Waals surface area contributed by atoms with Crippen molar-refractivity contribution < 1.29 is 9.53 Å². The van der Waals surface area contributed by atoms with E-state index in [1.54, 1.807) is 0 Å². The van der Waals surface area contributed by atoms with Crippen LogP contribution in [-0.4, -0.2) is 5.97 Å². The van der Waals surface area contributed by atoms with Crippen LogP contribution in [-0.2, 0) is 17.6 Å². The van der Waals surface area contributed by atoms with E-state index in [9.17, 15) is 4.79 Å². The Hall–Kier alpha value is -2.09. The summed E-state index contributed by atoms with van der Waals surface area (Å²) < 4.78 is 5.47. The van der Waals surface area contributed by atoms with Crippen molar-refractivity contribution in [3.05, 3.63) is 65.2 Å². The van der Waals surface area contributed by atoms with Gasteiger partial charge in [-0.05, 0) is 41.5 Å². The summed E-state index contributed by atoms with van der Waals surface area (Å²) in [5, 5.41) is 0. The first-order chi connectivity index (χ1) is 9.76. The maximum atomic E-state index is 12.0. The van der Waals surface area contributed by atoms with Crippen molar-refractivity contribution >= 4 is 5.97 Å². The second-order valence-electron chi connectivity index (χ2n) is 5.29. The minimum Gasteiger partial charge on any atom is -0.426 e. The number of fused-ring (bicyclic) bond motifs is 1. The van der Waals surface area contributed by atoms with Crippen LogP contribution in [0.3, 0.4) is 0 Å². The molecular weight excluding hydrogens is 248 g/mol. The molecule has 0 fully saturated rings. The fourth-order valence-electron chi connectivity index (χ4n) is 2.78. The van der Waals surface area contributed by atoms with Crippen LogP contribution in [0.2, 0.25) is 0 Å². The highest BCUT2D eigenvalue weighted by Gasteiger charge is 2.24. The topological polar surface area (TPSA) is 26.3 Å². The summed E-state index contributed by atoms with van der Waals surface area (Å²) in [7, 11) is 0. The molecule has 1 heterocycles. The van der Waals surface area contributed by atoms with E-state index in [1.807, 2.05) is 30.3 Å². The molecule has 0 amide bonds. The quantitative estimate of drug-likeness (QED) is 0.609.